The fourth-order valence-electron chi connectivity index (χ4n) is 4.27. The van der Waals surface area contributed by atoms with Gasteiger partial charge in [-0.25, -0.2) is 0 Å². The predicted molar refractivity (Wildman–Crippen MR) is 88.0 cm³/mol. The molecule has 6 rings (SSSR count). The Morgan fingerprint density at radius 3 is 2.71 bits per heavy atom. The molecular weight excluding hydrogens is 306 g/mol. The van der Waals surface area contributed by atoms with Crippen LogP contribution < -0.4 is 14.4 Å². The van der Waals surface area contributed by atoms with Crippen molar-refractivity contribution in [2.75, 3.05) is 18.2 Å². The lowest BCUT2D eigenvalue weighted by Crippen LogP contribution is -2.33. The van der Waals surface area contributed by atoms with Crippen LogP contribution in [0.5, 0.6) is 11.5 Å². The molecular formula is C19H11NO4. The van der Waals surface area contributed by atoms with Gasteiger partial charge in [0.25, 0.3) is 11.7 Å². The largest absolute Gasteiger partial charge is 0.454 e. The van der Waals surface area contributed by atoms with E-state index in [2.05, 4.69) is 0 Å². The zero-order valence-electron chi connectivity index (χ0n) is 12.6. The van der Waals surface area contributed by atoms with Crippen molar-refractivity contribution in [2.45, 2.75) is 6.42 Å². The highest BCUT2D eigenvalue weighted by Crippen LogP contribution is 2.52. The third kappa shape index (κ3) is 1.21. The van der Waals surface area contributed by atoms with Crippen molar-refractivity contribution in [1.29, 1.82) is 0 Å². The van der Waals surface area contributed by atoms with Crippen LogP contribution in [0.4, 0.5) is 5.69 Å². The third-order valence-corrected chi connectivity index (χ3v) is 5.23. The van der Waals surface area contributed by atoms with Crippen LogP contribution in [0.3, 0.4) is 0 Å². The minimum Gasteiger partial charge on any atom is -0.454 e. The van der Waals surface area contributed by atoms with Crippen molar-refractivity contribution >= 4 is 38.9 Å². The Hall–Kier alpha value is -3.08. The minimum atomic E-state index is -0.425. The highest BCUT2D eigenvalue weighted by Gasteiger charge is 2.42. The molecule has 0 radical (unpaired) electrons. The standard InChI is InChI=1S/C19H11NO4/c21-17-15-11-4-2-1-3-10(11)14-13-9(7-12-18(14)24-8-23-12)5-6-20(16(13)15)19(17)22/h1-4,7H,5-6,8H2. The first-order valence-corrected chi connectivity index (χ1v) is 7.92. The molecule has 0 aromatic heterocycles. The van der Waals surface area contributed by atoms with Crippen LogP contribution in [0.1, 0.15) is 15.9 Å². The first-order chi connectivity index (χ1) is 11.8. The van der Waals surface area contributed by atoms with Gasteiger partial charge in [-0.2, -0.15) is 0 Å². The molecule has 0 N–H and O–H groups in total. The summed E-state index contributed by atoms with van der Waals surface area (Å²) in [6.45, 7) is 0.721. The van der Waals surface area contributed by atoms with Gasteiger partial charge in [-0.05, 0) is 28.8 Å². The number of ketones is 1. The van der Waals surface area contributed by atoms with E-state index in [0.717, 1.165) is 38.5 Å². The van der Waals surface area contributed by atoms with Crippen LogP contribution in [-0.4, -0.2) is 25.0 Å². The van der Waals surface area contributed by atoms with Crippen molar-refractivity contribution < 1.29 is 19.1 Å². The summed E-state index contributed by atoms with van der Waals surface area (Å²) in [6.07, 6.45) is 0.705. The normalized spacial score (nSPS) is 17.4. The van der Waals surface area contributed by atoms with Crippen molar-refractivity contribution in [3.63, 3.8) is 0 Å². The SMILES string of the molecule is O=C1C(=O)N2CCc3cc4c(c5c3c2c1c1ccccc15)OCO4. The first-order valence-electron chi connectivity index (χ1n) is 7.92. The average molecular weight is 317 g/mol. The highest BCUT2D eigenvalue weighted by molar-refractivity contribution is 6.56. The summed E-state index contributed by atoms with van der Waals surface area (Å²) >= 11 is 0. The Morgan fingerprint density at radius 2 is 1.83 bits per heavy atom. The number of rotatable bonds is 0. The molecule has 0 atom stereocenters. The van der Waals surface area contributed by atoms with Gasteiger partial charge in [0, 0.05) is 17.3 Å². The van der Waals surface area contributed by atoms with Crippen molar-refractivity contribution in [3.8, 4) is 11.5 Å². The average Bonchev–Trinajstić information content (AvgIpc) is 3.17. The Kier molecular flexibility index (Phi) is 1.99. The summed E-state index contributed by atoms with van der Waals surface area (Å²) in [4.78, 5) is 26.7. The smallest absolute Gasteiger partial charge is 0.299 e. The predicted octanol–water partition coefficient (Wildman–Crippen LogP) is 2.81. The summed E-state index contributed by atoms with van der Waals surface area (Å²) in [5, 5.41) is 3.64. The fourth-order valence-corrected chi connectivity index (χ4v) is 4.27. The number of hydrogen-bond acceptors (Lipinski definition) is 4. The molecule has 0 fully saturated rings. The van der Waals surface area contributed by atoms with E-state index in [4.69, 9.17) is 9.47 Å². The summed E-state index contributed by atoms with van der Waals surface area (Å²) < 4.78 is 11.3. The lowest BCUT2D eigenvalue weighted by molar-refractivity contribution is -0.114. The number of Topliss-reactive ketones (excluding diaryl/α,β-unsaturated/α-hetero) is 1. The molecule has 24 heavy (non-hydrogen) atoms. The molecule has 0 saturated heterocycles. The molecule has 0 saturated carbocycles. The monoisotopic (exact) mass is 317 g/mol. The molecule has 5 nitrogen and oxygen atoms in total. The second-order valence-electron chi connectivity index (χ2n) is 6.32. The van der Waals surface area contributed by atoms with Crippen LogP contribution in [-0.2, 0) is 11.2 Å². The molecule has 3 aromatic carbocycles. The maximum atomic E-state index is 12.6. The van der Waals surface area contributed by atoms with E-state index in [1.54, 1.807) is 4.90 Å². The van der Waals surface area contributed by atoms with Crippen LogP contribution in [0, 0.1) is 0 Å². The van der Waals surface area contributed by atoms with Gasteiger partial charge in [0.1, 0.15) is 0 Å². The molecule has 116 valence electrons. The second kappa shape index (κ2) is 3.87. The Balaban J connectivity index is 1.97. The number of nitrogens with zero attached hydrogens (tertiary/aromatic N) is 1. The van der Waals surface area contributed by atoms with Crippen LogP contribution in [0.15, 0.2) is 30.3 Å². The lowest BCUT2D eigenvalue weighted by atomic mass is 9.89. The van der Waals surface area contributed by atoms with E-state index in [-0.39, 0.29) is 6.79 Å². The molecule has 0 spiro atoms. The number of amides is 1. The molecule has 1 amide bonds. The third-order valence-electron chi connectivity index (χ3n) is 5.23. The van der Waals surface area contributed by atoms with Gasteiger partial charge in [-0.1, -0.05) is 24.3 Å². The van der Waals surface area contributed by atoms with Gasteiger partial charge in [-0.15, -0.1) is 0 Å². The van der Waals surface area contributed by atoms with Crippen LogP contribution >= 0.6 is 0 Å². The van der Waals surface area contributed by atoms with Gasteiger partial charge in [0.15, 0.2) is 11.5 Å². The zero-order valence-corrected chi connectivity index (χ0v) is 12.6. The van der Waals surface area contributed by atoms with E-state index in [1.807, 2.05) is 30.3 Å². The number of carbonyl (C=O) groups excluding carboxylic acids is 2. The summed E-state index contributed by atoms with van der Waals surface area (Å²) in [7, 11) is 0. The molecule has 3 aliphatic heterocycles. The Morgan fingerprint density at radius 1 is 1.00 bits per heavy atom. The van der Waals surface area contributed by atoms with E-state index in [0.29, 0.717) is 24.3 Å². The molecule has 0 bridgehead atoms. The number of carbonyl (C=O) groups is 2. The number of hydrogen-bond donors (Lipinski definition) is 0. The molecule has 3 aromatic rings. The first kappa shape index (κ1) is 12.4. The summed E-state index contributed by atoms with van der Waals surface area (Å²) in [6, 6.07) is 9.70. The quantitative estimate of drug-likeness (QED) is 0.472. The van der Waals surface area contributed by atoms with E-state index in [1.165, 1.54) is 0 Å². The molecule has 5 heteroatoms. The van der Waals surface area contributed by atoms with Crippen molar-refractivity contribution in [1.82, 2.24) is 0 Å². The summed E-state index contributed by atoms with van der Waals surface area (Å²) in [5.74, 6) is 0.618. The van der Waals surface area contributed by atoms with E-state index >= 15 is 0 Å². The number of anilines is 1. The Labute approximate surface area is 136 Å². The maximum absolute atomic E-state index is 12.6. The molecule has 3 aliphatic rings. The van der Waals surface area contributed by atoms with Crippen LogP contribution in [0.25, 0.3) is 21.5 Å². The van der Waals surface area contributed by atoms with Crippen LogP contribution in [0.2, 0.25) is 0 Å². The molecule has 0 unspecified atom stereocenters. The lowest BCUT2D eigenvalue weighted by Gasteiger charge is -2.26. The highest BCUT2D eigenvalue weighted by atomic mass is 16.7. The minimum absolute atomic E-state index is 0.195. The van der Waals surface area contributed by atoms with Crippen molar-refractivity contribution in [2.24, 2.45) is 0 Å². The van der Waals surface area contributed by atoms with Crippen molar-refractivity contribution in [3.05, 3.63) is 41.5 Å². The number of benzene rings is 3. The topological polar surface area (TPSA) is 55.8 Å². The van der Waals surface area contributed by atoms with Gasteiger partial charge in [0.05, 0.1) is 11.3 Å². The summed E-state index contributed by atoms with van der Waals surface area (Å²) in [5.41, 5.74) is 2.39. The zero-order chi connectivity index (χ0) is 16.0. The molecule has 3 heterocycles. The van der Waals surface area contributed by atoms with Gasteiger partial charge in [0.2, 0.25) is 6.79 Å². The molecule has 0 aliphatic carbocycles. The van der Waals surface area contributed by atoms with Gasteiger partial charge < -0.3 is 14.4 Å². The second-order valence-corrected chi connectivity index (χ2v) is 6.32. The van der Waals surface area contributed by atoms with E-state index < -0.39 is 11.7 Å². The Bertz CT molecular complexity index is 1130. The number of ether oxygens (including phenoxy) is 2. The maximum Gasteiger partial charge on any atom is 0.299 e. The number of fused-ring (bicyclic) bond motifs is 5. The van der Waals surface area contributed by atoms with E-state index in [9.17, 15) is 9.59 Å². The van der Waals surface area contributed by atoms with Gasteiger partial charge >= 0.3 is 0 Å². The fraction of sp³-hybridized carbons (Fsp3) is 0.158. The van der Waals surface area contributed by atoms with Gasteiger partial charge in [-0.3, -0.25) is 9.59 Å².